The molecule has 1 heterocycles. The first-order valence-corrected chi connectivity index (χ1v) is 7.59. The average Bonchev–Trinajstić information content (AvgIpc) is 2.46. The highest BCUT2D eigenvalue weighted by molar-refractivity contribution is 7.99. The highest BCUT2D eigenvalue weighted by Crippen LogP contribution is 2.33. The summed E-state index contributed by atoms with van der Waals surface area (Å²) in [6, 6.07) is 7.63. The Balaban J connectivity index is 2.15. The quantitative estimate of drug-likeness (QED) is 0.794. The number of methoxy groups -OCH3 is 1. The van der Waals surface area contributed by atoms with Gasteiger partial charge in [0.1, 0.15) is 17.0 Å². The van der Waals surface area contributed by atoms with Crippen LogP contribution in [0.4, 0.5) is 11.5 Å². The van der Waals surface area contributed by atoms with Crippen LogP contribution in [0.1, 0.15) is 6.92 Å². The normalized spacial score (nSPS) is 12.1. The van der Waals surface area contributed by atoms with Crippen LogP contribution < -0.4 is 11.1 Å². The zero-order valence-electron chi connectivity index (χ0n) is 11.8. The van der Waals surface area contributed by atoms with E-state index in [9.17, 15) is 0 Å². The van der Waals surface area contributed by atoms with Gasteiger partial charge >= 0.3 is 0 Å². The van der Waals surface area contributed by atoms with Crippen molar-refractivity contribution in [2.75, 3.05) is 24.8 Å². The third kappa shape index (κ3) is 4.49. The SMILES string of the molecule is COCC(C)Nc1ncnc(Sc2ccc(Cl)cc2)c1N. The molecule has 0 aliphatic heterocycles. The molecule has 112 valence electrons. The van der Waals surface area contributed by atoms with Crippen molar-refractivity contribution in [1.29, 1.82) is 0 Å². The maximum absolute atomic E-state index is 6.13. The molecule has 0 spiro atoms. The molecule has 21 heavy (non-hydrogen) atoms. The molecule has 5 nitrogen and oxygen atoms in total. The van der Waals surface area contributed by atoms with Crippen molar-refractivity contribution in [3.8, 4) is 0 Å². The standard InChI is InChI=1S/C14H17ClN4OS/c1-9(7-20-2)19-13-12(16)14(18-8-17-13)21-11-5-3-10(15)4-6-11/h3-6,8-9H,7,16H2,1-2H3,(H,17,18,19). The lowest BCUT2D eigenvalue weighted by molar-refractivity contribution is 0.190. The minimum atomic E-state index is 0.112. The molecular formula is C14H17ClN4OS. The molecule has 7 heteroatoms. The van der Waals surface area contributed by atoms with E-state index in [0.29, 0.717) is 28.2 Å². The molecular weight excluding hydrogens is 308 g/mol. The van der Waals surface area contributed by atoms with E-state index >= 15 is 0 Å². The second kappa shape index (κ2) is 7.49. The van der Waals surface area contributed by atoms with Gasteiger partial charge in [0, 0.05) is 23.1 Å². The van der Waals surface area contributed by atoms with Gasteiger partial charge in [0.15, 0.2) is 5.82 Å². The lowest BCUT2D eigenvalue weighted by Crippen LogP contribution is -2.22. The van der Waals surface area contributed by atoms with Crippen LogP contribution in [0.5, 0.6) is 0 Å². The number of hydrogen-bond donors (Lipinski definition) is 2. The van der Waals surface area contributed by atoms with Gasteiger partial charge < -0.3 is 15.8 Å². The van der Waals surface area contributed by atoms with E-state index in [-0.39, 0.29) is 6.04 Å². The second-order valence-electron chi connectivity index (χ2n) is 4.50. The third-order valence-electron chi connectivity index (χ3n) is 2.68. The van der Waals surface area contributed by atoms with Gasteiger partial charge in [-0.1, -0.05) is 23.4 Å². The molecule has 0 saturated heterocycles. The summed E-state index contributed by atoms with van der Waals surface area (Å²) in [5.41, 5.74) is 6.66. The van der Waals surface area contributed by atoms with Gasteiger partial charge in [0.05, 0.1) is 6.61 Å². The summed E-state index contributed by atoms with van der Waals surface area (Å²) in [5, 5.41) is 4.62. The number of nitrogens with one attached hydrogen (secondary N) is 1. The third-order valence-corrected chi connectivity index (χ3v) is 3.95. The number of rotatable bonds is 6. The van der Waals surface area contributed by atoms with Gasteiger partial charge in [-0.3, -0.25) is 0 Å². The van der Waals surface area contributed by atoms with Gasteiger partial charge in [0.25, 0.3) is 0 Å². The smallest absolute Gasteiger partial charge is 0.154 e. The predicted molar refractivity (Wildman–Crippen MR) is 87.0 cm³/mol. The summed E-state index contributed by atoms with van der Waals surface area (Å²) in [7, 11) is 1.66. The Morgan fingerprint density at radius 2 is 2.05 bits per heavy atom. The van der Waals surface area contributed by atoms with E-state index in [1.807, 2.05) is 31.2 Å². The van der Waals surface area contributed by atoms with Crippen LogP contribution in [-0.2, 0) is 4.74 Å². The van der Waals surface area contributed by atoms with E-state index in [1.54, 1.807) is 7.11 Å². The zero-order chi connectivity index (χ0) is 15.2. The summed E-state index contributed by atoms with van der Waals surface area (Å²) >= 11 is 7.35. The Morgan fingerprint density at radius 1 is 1.33 bits per heavy atom. The van der Waals surface area contributed by atoms with Gasteiger partial charge in [-0.25, -0.2) is 9.97 Å². The fourth-order valence-corrected chi connectivity index (χ4v) is 2.64. The number of ether oxygens (including phenoxy) is 1. The Kier molecular flexibility index (Phi) is 5.67. The number of hydrogen-bond acceptors (Lipinski definition) is 6. The summed E-state index contributed by atoms with van der Waals surface area (Å²) in [6.07, 6.45) is 1.50. The molecule has 1 atom stereocenters. The van der Waals surface area contributed by atoms with E-state index in [0.717, 1.165) is 4.90 Å². The molecule has 0 amide bonds. The first-order chi connectivity index (χ1) is 10.1. The summed E-state index contributed by atoms with van der Waals surface area (Å²) < 4.78 is 5.09. The van der Waals surface area contributed by atoms with E-state index < -0.39 is 0 Å². The Labute approximate surface area is 133 Å². The number of nitrogens with two attached hydrogens (primary N) is 1. The topological polar surface area (TPSA) is 73.1 Å². The van der Waals surface area contributed by atoms with Crippen LogP contribution in [0.15, 0.2) is 40.5 Å². The molecule has 0 saturated carbocycles. The number of aromatic nitrogens is 2. The molecule has 0 aliphatic carbocycles. The highest BCUT2D eigenvalue weighted by Gasteiger charge is 2.11. The molecule has 2 aromatic rings. The van der Waals surface area contributed by atoms with Gasteiger partial charge in [-0.05, 0) is 31.2 Å². The van der Waals surface area contributed by atoms with Crippen LogP contribution in [0.25, 0.3) is 0 Å². The van der Waals surface area contributed by atoms with Crippen LogP contribution in [0.2, 0.25) is 5.02 Å². The first kappa shape index (κ1) is 15.9. The summed E-state index contributed by atoms with van der Waals surface area (Å²) in [5.74, 6) is 0.617. The monoisotopic (exact) mass is 324 g/mol. The van der Waals surface area contributed by atoms with Crippen LogP contribution >= 0.6 is 23.4 Å². The minimum absolute atomic E-state index is 0.112. The maximum Gasteiger partial charge on any atom is 0.154 e. The first-order valence-electron chi connectivity index (χ1n) is 6.39. The average molecular weight is 325 g/mol. The number of nitrogen functional groups attached to an aromatic ring is 1. The van der Waals surface area contributed by atoms with Crippen molar-refractivity contribution in [2.45, 2.75) is 22.9 Å². The minimum Gasteiger partial charge on any atom is -0.394 e. The largest absolute Gasteiger partial charge is 0.394 e. The van der Waals surface area contributed by atoms with Crippen molar-refractivity contribution in [2.24, 2.45) is 0 Å². The number of nitrogens with zero attached hydrogens (tertiary/aromatic N) is 2. The van der Waals surface area contributed by atoms with Crippen molar-refractivity contribution in [3.05, 3.63) is 35.6 Å². The van der Waals surface area contributed by atoms with E-state index in [4.69, 9.17) is 22.1 Å². The molecule has 0 radical (unpaired) electrons. The van der Waals surface area contributed by atoms with Crippen molar-refractivity contribution in [1.82, 2.24) is 9.97 Å². The highest BCUT2D eigenvalue weighted by atomic mass is 35.5. The van der Waals surface area contributed by atoms with Gasteiger partial charge in [0.2, 0.25) is 0 Å². The second-order valence-corrected chi connectivity index (χ2v) is 6.00. The lowest BCUT2D eigenvalue weighted by atomic mass is 10.3. The van der Waals surface area contributed by atoms with Crippen LogP contribution in [0, 0.1) is 0 Å². The van der Waals surface area contributed by atoms with Crippen molar-refractivity contribution in [3.63, 3.8) is 0 Å². The van der Waals surface area contributed by atoms with Gasteiger partial charge in [-0.15, -0.1) is 0 Å². The Morgan fingerprint density at radius 3 is 2.71 bits per heavy atom. The van der Waals surface area contributed by atoms with Crippen molar-refractivity contribution < 1.29 is 4.74 Å². The van der Waals surface area contributed by atoms with Crippen LogP contribution in [0.3, 0.4) is 0 Å². The summed E-state index contributed by atoms with van der Waals surface area (Å²) in [4.78, 5) is 9.43. The van der Waals surface area contributed by atoms with E-state index in [2.05, 4.69) is 15.3 Å². The molecule has 3 N–H and O–H groups in total. The fraction of sp³-hybridized carbons (Fsp3) is 0.286. The molecule has 1 unspecified atom stereocenters. The Bertz CT molecular complexity index is 594. The zero-order valence-corrected chi connectivity index (χ0v) is 13.4. The molecule has 0 aliphatic rings. The molecule has 0 bridgehead atoms. The molecule has 2 rings (SSSR count). The van der Waals surface area contributed by atoms with Crippen molar-refractivity contribution >= 4 is 34.9 Å². The van der Waals surface area contributed by atoms with Gasteiger partial charge in [-0.2, -0.15) is 0 Å². The lowest BCUT2D eigenvalue weighted by Gasteiger charge is -2.15. The summed E-state index contributed by atoms with van der Waals surface area (Å²) in [6.45, 7) is 2.57. The fourth-order valence-electron chi connectivity index (χ4n) is 1.72. The Hall–Kier alpha value is -1.50. The van der Waals surface area contributed by atoms with Crippen LogP contribution in [-0.4, -0.2) is 29.7 Å². The number of benzene rings is 1. The molecule has 0 fully saturated rings. The predicted octanol–water partition coefficient (Wildman–Crippen LogP) is 3.31. The molecule has 1 aromatic carbocycles. The number of anilines is 2. The van der Waals surface area contributed by atoms with E-state index in [1.165, 1.54) is 18.1 Å². The maximum atomic E-state index is 6.13. The molecule has 1 aromatic heterocycles. The number of halogens is 1.